The highest BCUT2D eigenvalue weighted by atomic mass is 17.5. The van der Waals surface area contributed by atoms with Crippen LogP contribution in [0.25, 0.3) is 6.08 Å². The van der Waals surface area contributed by atoms with Crippen molar-refractivity contribution < 1.29 is 29.5 Å². The molecule has 2 aromatic carbocycles. The number of hydrogen-bond donors (Lipinski definition) is 2. The van der Waals surface area contributed by atoms with Crippen LogP contribution in [0.4, 0.5) is 5.69 Å². The van der Waals surface area contributed by atoms with Crippen molar-refractivity contribution in [2.24, 2.45) is 0 Å². The first-order valence-corrected chi connectivity index (χ1v) is 6.96. The van der Waals surface area contributed by atoms with Crippen LogP contribution in [0.5, 0.6) is 17.2 Å². The molecule has 0 bridgehead atoms. The monoisotopic (exact) mass is 331 g/mol. The summed E-state index contributed by atoms with van der Waals surface area (Å²) < 4.78 is 10.4. The second kappa shape index (κ2) is 8.56. The first-order valence-electron chi connectivity index (χ1n) is 6.96. The van der Waals surface area contributed by atoms with Crippen LogP contribution in [0.15, 0.2) is 48.5 Å². The van der Waals surface area contributed by atoms with Crippen LogP contribution in [0, 0.1) is 0 Å². The number of para-hydroxylation sites is 2. The second-order valence-electron chi connectivity index (χ2n) is 4.59. The number of rotatable bonds is 7. The lowest BCUT2D eigenvalue weighted by Crippen LogP contribution is -2.09. The van der Waals surface area contributed by atoms with Gasteiger partial charge in [-0.3, -0.25) is 4.79 Å². The molecular formula is C17H17NO6. The Morgan fingerprint density at radius 1 is 1.04 bits per heavy atom. The topological polar surface area (TPSA) is 86.3 Å². The SMILES string of the molecule is COc1ccc(/C=C/C(=O)Nc2ccccc2OOO)cc1OC. The molecule has 0 unspecified atom stereocenters. The lowest BCUT2D eigenvalue weighted by molar-refractivity contribution is -0.438. The normalized spacial score (nSPS) is 10.5. The average Bonchev–Trinajstić information content (AvgIpc) is 2.61. The molecule has 7 nitrogen and oxygen atoms in total. The summed E-state index contributed by atoms with van der Waals surface area (Å²) in [6, 6.07) is 11.8. The Morgan fingerprint density at radius 3 is 2.50 bits per heavy atom. The standard InChI is InChI=1S/C17H17NO6/c1-21-15-9-7-12(11-16(15)22-2)8-10-17(19)18-13-5-3-4-6-14(13)23-24-20/h3-11,20H,1-2H3,(H,18,19)/b10-8+. The molecule has 2 aromatic rings. The second-order valence-corrected chi connectivity index (χ2v) is 4.59. The molecule has 2 rings (SSSR count). The van der Waals surface area contributed by atoms with Crippen molar-refractivity contribution in [3.05, 3.63) is 54.1 Å². The Morgan fingerprint density at radius 2 is 1.79 bits per heavy atom. The summed E-state index contributed by atoms with van der Waals surface area (Å²) in [5, 5.41) is 14.6. The largest absolute Gasteiger partial charge is 0.493 e. The van der Waals surface area contributed by atoms with Gasteiger partial charge in [-0.2, -0.15) is 0 Å². The van der Waals surface area contributed by atoms with Crippen LogP contribution in [0.3, 0.4) is 0 Å². The number of carbonyl (C=O) groups is 1. The molecular weight excluding hydrogens is 314 g/mol. The molecule has 0 aliphatic carbocycles. The number of carbonyl (C=O) groups excluding carboxylic acids is 1. The minimum absolute atomic E-state index is 0.174. The summed E-state index contributed by atoms with van der Waals surface area (Å²) >= 11 is 0. The highest BCUT2D eigenvalue weighted by Crippen LogP contribution is 2.28. The number of amides is 1. The maximum atomic E-state index is 12.0. The van der Waals surface area contributed by atoms with E-state index in [1.54, 1.807) is 49.6 Å². The lowest BCUT2D eigenvalue weighted by atomic mass is 10.2. The van der Waals surface area contributed by atoms with Gasteiger partial charge in [0.2, 0.25) is 5.91 Å². The summed E-state index contributed by atoms with van der Waals surface area (Å²) in [6.45, 7) is 0. The maximum absolute atomic E-state index is 12.0. The van der Waals surface area contributed by atoms with Crippen molar-refractivity contribution in [1.29, 1.82) is 0 Å². The third-order valence-electron chi connectivity index (χ3n) is 3.11. The molecule has 0 saturated heterocycles. The van der Waals surface area contributed by atoms with Crippen molar-refractivity contribution in [2.45, 2.75) is 0 Å². The summed E-state index contributed by atoms with van der Waals surface area (Å²) in [4.78, 5) is 16.5. The van der Waals surface area contributed by atoms with Gasteiger partial charge in [0.05, 0.1) is 19.9 Å². The fourth-order valence-corrected chi connectivity index (χ4v) is 1.99. The molecule has 0 aliphatic rings. The number of methoxy groups -OCH3 is 2. The van der Waals surface area contributed by atoms with Crippen molar-refractivity contribution in [3.63, 3.8) is 0 Å². The molecule has 0 aliphatic heterocycles. The number of ether oxygens (including phenoxy) is 2. The van der Waals surface area contributed by atoms with E-state index in [4.69, 9.17) is 14.7 Å². The molecule has 1 amide bonds. The van der Waals surface area contributed by atoms with Crippen molar-refractivity contribution in [3.8, 4) is 17.2 Å². The number of hydrogen-bond acceptors (Lipinski definition) is 6. The maximum Gasteiger partial charge on any atom is 0.248 e. The van der Waals surface area contributed by atoms with E-state index in [1.165, 1.54) is 19.3 Å². The molecule has 0 radical (unpaired) electrons. The highest BCUT2D eigenvalue weighted by Gasteiger charge is 2.07. The number of benzene rings is 2. The van der Waals surface area contributed by atoms with E-state index in [2.05, 4.69) is 15.2 Å². The van der Waals surface area contributed by atoms with Gasteiger partial charge in [0.25, 0.3) is 0 Å². The van der Waals surface area contributed by atoms with E-state index in [0.717, 1.165) is 5.56 Å². The van der Waals surface area contributed by atoms with Crippen molar-refractivity contribution in [2.75, 3.05) is 19.5 Å². The first kappa shape index (κ1) is 17.3. The zero-order valence-electron chi connectivity index (χ0n) is 13.2. The summed E-state index contributed by atoms with van der Waals surface area (Å²) in [7, 11) is 3.09. The highest BCUT2D eigenvalue weighted by molar-refractivity contribution is 6.02. The number of anilines is 1. The molecule has 126 valence electrons. The van der Waals surface area contributed by atoms with E-state index in [1.807, 2.05) is 0 Å². The number of nitrogens with one attached hydrogen (secondary N) is 1. The van der Waals surface area contributed by atoms with Gasteiger partial charge in [0.1, 0.15) is 0 Å². The molecule has 0 atom stereocenters. The average molecular weight is 331 g/mol. The van der Waals surface area contributed by atoms with Gasteiger partial charge < -0.3 is 19.7 Å². The predicted molar refractivity (Wildman–Crippen MR) is 88.0 cm³/mol. The Labute approximate surface area is 138 Å². The van der Waals surface area contributed by atoms with Gasteiger partial charge in [0, 0.05) is 6.08 Å². The third kappa shape index (κ3) is 4.48. The van der Waals surface area contributed by atoms with Crippen LogP contribution in [-0.4, -0.2) is 25.4 Å². The predicted octanol–water partition coefficient (Wildman–Crippen LogP) is 3.14. The fourth-order valence-electron chi connectivity index (χ4n) is 1.99. The minimum atomic E-state index is -0.376. The Kier molecular flexibility index (Phi) is 6.18. The molecule has 7 heteroatoms. The van der Waals surface area contributed by atoms with Gasteiger partial charge in [-0.25, -0.2) is 5.26 Å². The zero-order chi connectivity index (χ0) is 17.4. The Bertz CT molecular complexity index is 729. The van der Waals surface area contributed by atoms with Gasteiger partial charge in [0.15, 0.2) is 17.2 Å². The first-order chi connectivity index (χ1) is 11.7. The van der Waals surface area contributed by atoms with Gasteiger partial charge in [-0.05, 0) is 40.9 Å². The molecule has 0 saturated carbocycles. The lowest BCUT2D eigenvalue weighted by Gasteiger charge is -2.08. The smallest absolute Gasteiger partial charge is 0.248 e. The van der Waals surface area contributed by atoms with Crippen molar-refractivity contribution in [1.82, 2.24) is 0 Å². The quantitative estimate of drug-likeness (QED) is 0.460. The molecule has 0 fully saturated rings. The summed E-state index contributed by atoms with van der Waals surface area (Å²) in [6.07, 6.45) is 2.99. The molecule has 0 heterocycles. The fraction of sp³-hybridized carbons (Fsp3) is 0.118. The summed E-state index contributed by atoms with van der Waals surface area (Å²) in [5.41, 5.74) is 1.12. The van der Waals surface area contributed by atoms with Gasteiger partial charge >= 0.3 is 0 Å². The summed E-state index contributed by atoms with van der Waals surface area (Å²) in [5.74, 6) is 0.972. The zero-order valence-corrected chi connectivity index (χ0v) is 13.2. The van der Waals surface area contributed by atoms with Crippen LogP contribution in [-0.2, 0) is 9.83 Å². The third-order valence-corrected chi connectivity index (χ3v) is 3.11. The van der Waals surface area contributed by atoms with E-state index in [9.17, 15) is 4.79 Å². The Balaban J connectivity index is 2.08. The molecule has 2 N–H and O–H groups in total. The van der Waals surface area contributed by atoms with Crippen LogP contribution in [0.2, 0.25) is 0 Å². The van der Waals surface area contributed by atoms with E-state index in [0.29, 0.717) is 17.2 Å². The van der Waals surface area contributed by atoms with Crippen LogP contribution in [0.1, 0.15) is 5.56 Å². The van der Waals surface area contributed by atoms with Gasteiger partial charge in [-0.1, -0.05) is 18.2 Å². The molecule has 24 heavy (non-hydrogen) atoms. The minimum Gasteiger partial charge on any atom is -0.493 e. The van der Waals surface area contributed by atoms with Gasteiger partial charge in [-0.15, -0.1) is 0 Å². The van der Waals surface area contributed by atoms with E-state index >= 15 is 0 Å². The Hall–Kier alpha value is -3.03. The van der Waals surface area contributed by atoms with Crippen LogP contribution >= 0.6 is 0 Å². The molecule has 0 aromatic heterocycles. The van der Waals surface area contributed by atoms with E-state index < -0.39 is 0 Å². The van der Waals surface area contributed by atoms with Crippen molar-refractivity contribution >= 4 is 17.7 Å². The van der Waals surface area contributed by atoms with Crippen LogP contribution < -0.4 is 19.7 Å². The van der Waals surface area contributed by atoms with E-state index in [-0.39, 0.29) is 11.7 Å². The molecule has 0 spiro atoms.